The van der Waals surface area contributed by atoms with Crippen molar-refractivity contribution < 1.29 is 4.79 Å². The summed E-state index contributed by atoms with van der Waals surface area (Å²) in [7, 11) is 0. The summed E-state index contributed by atoms with van der Waals surface area (Å²) in [5, 5.41) is 10.2. The van der Waals surface area contributed by atoms with E-state index in [-0.39, 0.29) is 5.91 Å². The first-order valence-corrected chi connectivity index (χ1v) is 6.54. The SMILES string of the molecule is Cc1cnn(CCNCC(=O)NCCC(C)C)c1. The molecule has 1 aromatic heterocycles. The van der Waals surface area contributed by atoms with Crippen molar-refractivity contribution in [3.63, 3.8) is 0 Å². The van der Waals surface area contributed by atoms with Gasteiger partial charge >= 0.3 is 0 Å². The molecule has 0 bridgehead atoms. The van der Waals surface area contributed by atoms with Crippen LogP contribution in [0.4, 0.5) is 0 Å². The molecule has 18 heavy (non-hydrogen) atoms. The summed E-state index contributed by atoms with van der Waals surface area (Å²) >= 11 is 0. The van der Waals surface area contributed by atoms with Crippen molar-refractivity contribution in [2.75, 3.05) is 19.6 Å². The van der Waals surface area contributed by atoms with E-state index in [0.29, 0.717) is 12.5 Å². The number of nitrogens with one attached hydrogen (secondary N) is 2. The van der Waals surface area contributed by atoms with Crippen LogP contribution in [0, 0.1) is 12.8 Å². The molecule has 1 heterocycles. The number of hydrogen-bond acceptors (Lipinski definition) is 3. The maximum Gasteiger partial charge on any atom is 0.233 e. The maximum atomic E-state index is 11.4. The number of carbonyl (C=O) groups excluding carboxylic acids is 1. The Morgan fingerprint density at radius 2 is 2.22 bits per heavy atom. The molecule has 0 spiro atoms. The van der Waals surface area contributed by atoms with Gasteiger partial charge in [0, 0.05) is 19.3 Å². The number of hydrogen-bond donors (Lipinski definition) is 2. The molecule has 0 aliphatic heterocycles. The lowest BCUT2D eigenvalue weighted by Gasteiger charge is -2.08. The summed E-state index contributed by atoms with van der Waals surface area (Å²) in [6.45, 7) is 8.98. The van der Waals surface area contributed by atoms with Crippen molar-refractivity contribution in [1.29, 1.82) is 0 Å². The molecule has 1 aromatic rings. The van der Waals surface area contributed by atoms with Crippen LogP contribution in [0.25, 0.3) is 0 Å². The standard InChI is InChI=1S/C13H24N4O/c1-11(2)4-5-15-13(18)9-14-6-7-17-10-12(3)8-16-17/h8,10-11,14H,4-7,9H2,1-3H3,(H,15,18). The monoisotopic (exact) mass is 252 g/mol. The van der Waals surface area contributed by atoms with E-state index in [2.05, 4.69) is 29.6 Å². The van der Waals surface area contributed by atoms with Gasteiger partial charge in [-0.25, -0.2) is 0 Å². The summed E-state index contributed by atoms with van der Waals surface area (Å²) in [5.41, 5.74) is 1.15. The van der Waals surface area contributed by atoms with E-state index in [9.17, 15) is 4.79 Å². The van der Waals surface area contributed by atoms with E-state index in [1.807, 2.05) is 24.0 Å². The summed E-state index contributed by atoms with van der Waals surface area (Å²) < 4.78 is 1.87. The van der Waals surface area contributed by atoms with Gasteiger partial charge in [0.05, 0.1) is 19.3 Å². The Hall–Kier alpha value is -1.36. The maximum absolute atomic E-state index is 11.4. The van der Waals surface area contributed by atoms with E-state index in [4.69, 9.17) is 0 Å². The molecule has 0 fully saturated rings. The summed E-state index contributed by atoms with van der Waals surface area (Å²) in [5.74, 6) is 0.689. The average molecular weight is 252 g/mol. The predicted molar refractivity (Wildman–Crippen MR) is 72.3 cm³/mol. The zero-order chi connectivity index (χ0) is 13.4. The van der Waals surface area contributed by atoms with Crippen LogP contribution in [-0.4, -0.2) is 35.3 Å². The Morgan fingerprint density at radius 1 is 1.44 bits per heavy atom. The number of aromatic nitrogens is 2. The van der Waals surface area contributed by atoms with Gasteiger partial charge in [-0.1, -0.05) is 13.8 Å². The van der Waals surface area contributed by atoms with Crippen molar-refractivity contribution in [2.45, 2.75) is 33.7 Å². The second-order valence-electron chi connectivity index (χ2n) is 4.99. The lowest BCUT2D eigenvalue weighted by molar-refractivity contribution is -0.120. The minimum Gasteiger partial charge on any atom is -0.355 e. The molecule has 1 rings (SSSR count). The average Bonchev–Trinajstić information content (AvgIpc) is 2.70. The van der Waals surface area contributed by atoms with Crippen LogP contribution in [-0.2, 0) is 11.3 Å². The molecule has 0 atom stereocenters. The molecule has 0 aromatic carbocycles. The third-order valence-electron chi connectivity index (χ3n) is 2.61. The van der Waals surface area contributed by atoms with Gasteiger partial charge in [-0.2, -0.15) is 5.10 Å². The number of rotatable bonds is 8. The van der Waals surface area contributed by atoms with E-state index < -0.39 is 0 Å². The Labute approximate surface area is 109 Å². The van der Waals surface area contributed by atoms with Gasteiger partial charge < -0.3 is 10.6 Å². The third-order valence-corrected chi connectivity index (χ3v) is 2.61. The Bertz CT molecular complexity index is 360. The second-order valence-corrected chi connectivity index (χ2v) is 4.99. The molecule has 5 heteroatoms. The molecular formula is C13H24N4O. The van der Waals surface area contributed by atoms with E-state index in [1.54, 1.807) is 0 Å². The highest BCUT2D eigenvalue weighted by Crippen LogP contribution is 1.96. The van der Waals surface area contributed by atoms with Crippen molar-refractivity contribution in [1.82, 2.24) is 20.4 Å². The zero-order valence-electron chi connectivity index (χ0n) is 11.6. The Kier molecular flexibility index (Phi) is 6.43. The summed E-state index contributed by atoms with van der Waals surface area (Å²) in [6.07, 6.45) is 4.85. The fourth-order valence-corrected chi connectivity index (χ4v) is 1.55. The lowest BCUT2D eigenvalue weighted by Crippen LogP contribution is -2.35. The van der Waals surface area contributed by atoms with Crippen molar-refractivity contribution in [3.05, 3.63) is 18.0 Å². The number of amides is 1. The molecule has 0 aliphatic rings. The van der Waals surface area contributed by atoms with Gasteiger partial charge in [0.2, 0.25) is 5.91 Å². The lowest BCUT2D eigenvalue weighted by atomic mass is 10.1. The van der Waals surface area contributed by atoms with Gasteiger partial charge in [0.15, 0.2) is 0 Å². The van der Waals surface area contributed by atoms with Crippen LogP contribution in [0.3, 0.4) is 0 Å². The van der Waals surface area contributed by atoms with Crippen LogP contribution in [0.15, 0.2) is 12.4 Å². The van der Waals surface area contributed by atoms with E-state index in [0.717, 1.165) is 31.6 Å². The summed E-state index contributed by atoms with van der Waals surface area (Å²) in [4.78, 5) is 11.4. The minimum atomic E-state index is 0.0623. The predicted octanol–water partition coefficient (Wildman–Crippen LogP) is 0.943. The van der Waals surface area contributed by atoms with Crippen LogP contribution in [0.2, 0.25) is 0 Å². The second kappa shape index (κ2) is 7.87. The Balaban J connectivity index is 2.02. The van der Waals surface area contributed by atoms with E-state index >= 15 is 0 Å². The molecule has 0 radical (unpaired) electrons. The van der Waals surface area contributed by atoms with Crippen molar-refractivity contribution >= 4 is 5.91 Å². The van der Waals surface area contributed by atoms with Crippen molar-refractivity contribution in [2.24, 2.45) is 5.92 Å². The van der Waals surface area contributed by atoms with Gasteiger partial charge in [0.1, 0.15) is 0 Å². The van der Waals surface area contributed by atoms with Gasteiger partial charge in [0.25, 0.3) is 0 Å². The molecule has 2 N–H and O–H groups in total. The molecule has 1 amide bonds. The molecule has 0 unspecified atom stereocenters. The topological polar surface area (TPSA) is 59.0 Å². The fraction of sp³-hybridized carbons (Fsp3) is 0.692. The Morgan fingerprint density at radius 3 is 2.83 bits per heavy atom. The largest absolute Gasteiger partial charge is 0.355 e. The summed E-state index contributed by atoms with van der Waals surface area (Å²) in [6, 6.07) is 0. The minimum absolute atomic E-state index is 0.0623. The molecule has 5 nitrogen and oxygen atoms in total. The van der Waals surface area contributed by atoms with Gasteiger partial charge in [-0.15, -0.1) is 0 Å². The quantitative estimate of drug-likeness (QED) is 0.677. The van der Waals surface area contributed by atoms with Crippen LogP contribution in [0.1, 0.15) is 25.8 Å². The highest BCUT2D eigenvalue weighted by molar-refractivity contribution is 5.77. The third kappa shape index (κ3) is 6.39. The van der Waals surface area contributed by atoms with E-state index in [1.165, 1.54) is 0 Å². The zero-order valence-corrected chi connectivity index (χ0v) is 11.6. The molecule has 0 aliphatic carbocycles. The fourth-order valence-electron chi connectivity index (χ4n) is 1.55. The number of carbonyl (C=O) groups is 1. The highest BCUT2D eigenvalue weighted by Gasteiger charge is 2.01. The van der Waals surface area contributed by atoms with Gasteiger partial charge in [-0.3, -0.25) is 9.48 Å². The smallest absolute Gasteiger partial charge is 0.233 e. The first-order valence-electron chi connectivity index (χ1n) is 6.54. The highest BCUT2D eigenvalue weighted by atomic mass is 16.1. The van der Waals surface area contributed by atoms with Crippen LogP contribution < -0.4 is 10.6 Å². The van der Waals surface area contributed by atoms with Crippen LogP contribution >= 0.6 is 0 Å². The first kappa shape index (κ1) is 14.7. The molecule has 102 valence electrons. The first-order chi connectivity index (χ1) is 8.58. The van der Waals surface area contributed by atoms with Crippen molar-refractivity contribution in [3.8, 4) is 0 Å². The molecular weight excluding hydrogens is 228 g/mol. The normalized spacial score (nSPS) is 10.9. The number of aryl methyl sites for hydroxylation is 1. The molecule has 0 saturated carbocycles. The van der Waals surface area contributed by atoms with Gasteiger partial charge in [-0.05, 0) is 24.8 Å². The van der Waals surface area contributed by atoms with Crippen LogP contribution in [0.5, 0.6) is 0 Å². The molecule has 0 saturated heterocycles. The number of nitrogens with zero attached hydrogens (tertiary/aromatic N) is 2.